The van der Waals surface area contributed by atoms with Gasteiger partial charge in [-0.25, -0.2) is 9.78 Å². The van der Waals surface area contributed by atoms with E-state index in [0.717, 1.165) is 17.3 Å². The summed E-state index contributed by atoms with van der Waals surface area (Å²) in [7, 11) is 0. The molecule has 2 aromatic rings. The van der Waals surface area contributed by atoms with Crippen molar-refractivity contribution in [3.63, 3.8) is 0 Å². The largest absolute Gasteiger partial charge is 0.418 e. The predicted molar refractivity (Wildman–Crippen MR) is 104 cm³/mol. The second kappa shape index (κ2) is 8.13. The second-order valence-electron chi connectivity index (χ2n) is 5.81. The molecule has 136 valence electrons. The van der Waals surface area contributed by atoms with Crippen LogP contribution < -0.4 is 10.6 Å². The van der Waals surface area contributed by atoms with Crippen LogP contribution in [0.25, 0.3) is 5.65 Å². The minimum Gasteiger partial charge on any atom is -0.408 e. The summed E-state index contributed by atoms with van der Waals surface area (Å²) in [6.45, 7) is 6.88. The van der Waals surface area contributed by atoms with E-state index in [1.54, 1.807) is 12.3 Å². The fourth-order valence-electron chi connectivity index (χ4n) is 2.83. The van der Waals surface area contributed by atoms with Gasteiger partial charge in [0, 0.05) is 12.1 Å². The monoisotopic (exact) mass is 418 g/mol. The van der Waals surface area contributed by atoms with Gasteiger partial charge in [0.1, 0.15) is 17.4 Å². The Labute approximate surface area is 159 Å². The Balaban J connectivity index is 1.85. The van der Waals surface area contributed by atoms with Gasteiger partial charge in [-0.2, -0.15) is 9.61 Å². The average molecular weight is 419 g/mol. The number of allylic oxidation sites excluding steroid dienone is 1. The van der Waals surface area contributed by atoms with Crippen LogP contribution in [0, 0.1) is 0 Å². The molecule has 2 heterocycles. The number of fused-ring (bicyclic) bond motifs is 1. The maximum Gasteiger partial charge on any atom is 0.418 e. The summed E-state index contributed by atoms with van der Waals surface area (Å²) in [4.78, 5) is 20.3. The van der Waals surface area contributed by atoms with Crippen molar-refractivity contribution in [2.75, 3.05) is 10.6 Å². The van der Waals surface area contributed by atoms with Crippen molar-refractivity contribution in [3.8, 4) is 0 Å². The first kappa shape index (κ1) is 18.1. The number of nitrogens with zero attached hydrogens (tertiary/aromatic N) is 4. The Morgan fingerprint density at radius 1 is 1.46 bits per heavy atom. The topological polar surface area (TPSA) is 92.9 Å². The molecule has 0 aliphatic heterocycles. The van der Waals surface area contributed by atoms with Crippen molar-refractivity contribution in [1.82, 2.24) is 14.6 Å². The van der Waals surface area contributed by atoms with E-state index in [2.05, 4.69) is 54.9 Å². The van der Waals surface area contributed by atoms with Crippen LogP contribution in [0.4, 0.5) is 16.4 Å². The van der Waals surface area contributed by atoms with Gasteiger partial charge in [-0.1, -0.05) is 19.4 Å². The predicted octanol–water partition coefficient (Wildman–Crippen LogP) is 4.12. The maximum atomic E-state index is 12.2. The number of ether oxygens (including phenoxy) is 1. The molecule has 2 aromatic heterocycles. The fourth-order valence-corrected chi connectivity index (χ4v) is 3.17. The van der Waals surface area contributed by atoms with Crippen molar-refractivity contribution in [2.45, 2.75) is 31.7 Å². The van der Waals surface area contributed by atoms with Crippen LogP contribution in [-0.2, 0) is 4.74 Å². The van der Waals surface area contributed by atoms with Gasteiger partial charge < -0.3 is 10.1 Å². The van der Waals surface area contributed by atoms with E-state index in [9.17, 15) is 4.79 Å². The van der Waals surface area contributed by atoms with Crippen molar-refractivity contribution in [1.29, 1.82) is 0 Å². The standard InChI is InChI=1S/C17H19BrN6O2/c1-3-12(9-19-2)26-17(25)23-15-8-14(21-11-6-4-5-7-11)22-16-13(18)10-20-24(15)16/h3,8-11H,1-2,4-7H2,(H,21,22)(H,23,25)/b12-9+. The number of halogens is 1. The lowest BCUT2D eigenvalue weighted by Gasteiger charge is -2.15. The Hall–Kier alpha value is -2.68. The number of aliphatic imine (C=N–C) groups is 1. The Bertz CT molecular complexity index is 870. The summed E-state index contributed by atoms with van der Waals surface area (Å²) in [5, 5.41) is 10.3. The molecule has 0 bridgehead atoms. The zero-order valence-electron chi connectivity index (χ0n) is 14.1. The fraction of sp³-hybridized carbons (Fsp3) is 0.294. The first-order valence-electron chi connectivity index (χ1n) is 8.19. The highest BCUT2D eigenvalue weighted by atomic mass is 79.9. The normalized spacial score (nSPS) is 15.0. The number of anilines is 2. The van der Waals surface area contributed by atoms with Crippen LogP contribution in [0.1, 0.15) is 25.7 Å². The molecule has 0 aromatic carbocycles. The molecule has 0 unspecified atom stereocenters. The number of aromatic nitrogens is 3. The van der Waals surface area contributed by atoms with E-state index >= 15 is 0 Å². The summed E-state index contributed by atoms with van der Waals surface area (Å²) >= 11 is 3.43. The van der Waals surface area contributed by atoms with Crippen LogP contribution in [0.2, 0.25) is 0 Å². The first-order chi connectivity index (χ1) is 12.6. The highest BCUT2D eigenvalue weighted by molar-refractivity contribution is 9.10. The number of carbonyl (C=O) groups excluding carboxylic acids is 1. The van der Waals surface area contributed by atoms with E-state index in [1.807, 2.05) is 0 Å². The number of rotatable bonds is 6. The molecule has 2 N–H and O–H groups in total. The minimum absolute atomic E-state index is 0.189. The molecule has 0 atom stereocenters. The van der Waals surface area contributed by atoms with Gasteiger partial charge in [0.2, 0.25) is 0 Å². The van der Waals surface area contributed by atoms with E-state index in [-0.39, 0.29) is 5.76 Å². The molecular formula is C17H19BrN6O2. The number of nitrogens with one attached hydrogen (secondary N) is 2. The quantitative estimate of drug-likeness (QED) is 0.418. The number of carbonyl (C=O) groups is 1. The van der Waals surface area contributed by atoms with E-state index < -0.39 is 6.09 Å². The summed E-state index contributed by atoms with van der Waals surface area (Å²) in [6, 6.07) is 2.12. The van der Waals surface area contributed by atoms with E-state index in [0.29, 0.717) is 23.3 Å². The molecule has 1 saturated carbocycles. The highest BCUT2D eigenvalue weighted by Gasteiger charge is 2.18. The molecule has 0 spiro atoms. The van der Waals surface area contributed by atoms with Crippen LogP contribution in [0.3, 0.4) is 0 Å². The summed E-state index contributed by atoms with van der Waals surface area (Å²) in [5.74, 6) is 1.29. The molecule has 26 heavy (non-hydrogen) atoms. The van der Waals surface area contributed by atoms with Crippen LogP contribution in [0.5, 0.6) is 0 Å². The van der Waals surface area contributed by atoms with Gasteiger partial charge in [0.15, 0.2) is 5.65 Å². The van der Waals surface area contributed by atoms with Gasteiger partial charge in [0.25, 0.3) is 0 Å². The lowest BCUT2D eigenvalue weighted by atomic mass is 10.2. The Kier molecular flexibility index (Phi) is 5.67. The molecule has 3 rings (SSSR count). The number of hydrogen-bond acceptors (Lipinski definition) is 6. The van der Waals surface area contributed by atoms with Gasteiger partial charge in [0.05, 0.1) is 16.9 Å². The van der Waals surface area contributed by atoms with Crippen LogP contribution >= 0.6 is 15.9 Å². The number of hydrogen-bond donors (Lipinski definition) is 2. The minimum atomic E-state index is -0.689. The average Bonchev–Trinajstić information content (AvgIpc) is 3.25. The molecule has 0 radical (unpaired) electrons. The van der Waals surface area contributed by atoms with Gasteiger partial charge >= 0.3 is 6.09 Å². The zero-order chi connectivity index (χ0) is 18.5. The lowest BCUT2D eigenvalue weighted by molar-refractivity contribution is 0.194. The van der Waals surface area contributed by atoms with Crippen molar-refractivity contribution >= 4 is 46.0 Å². The zero-order valence-corrected chi connectivity index (χ0v) is 15.7. The highest BCUT2D eigenvalue weighted by Crippen LogP contribution is 2.26. The third-order valence-corrected chi connectivity index (χ3v) is 4.56. The molecular weight excluding hydrogens is 400 g/mol. The molecule has 0 saturated heterocycles. The molecule has 1 fully saturated rings. The van der Waals surface area contributed by atoms with Gasteiger partial charge in [-0.3, -0.25) is 10.3 Å². The third kappa shape index (κ3) is 4.10. The maximum absolute atomic E-state index is 12.2. The molecule has 8 nitrogen and oxygen atoms in total. The van der Waals surface area contributed by atoms with Gasteiger partial charge in [-0.05, 0) is 41.6 Å². The van der Waals surface area contributed by atoms with E-state index in [4.69, 9.17) is 4.74 Å². The molecule has 1 amide bonds. The van der Waals surface area contributed by atoms with Crippen molar-refractivity contribution < 1.29 is 9.53 Å². The number of amides is 1. The van der Waals surface area contributed by atoms with E-state index in [1.165, 1.54) is 29.6 Å². The SMILES string of the molecule is C=C/C(=C\N=C)OC(=O)Nc1cc(NC2CCCC2)nc2c(Br)cnn12. The van der Waals surface area contributed by atoms with Crippen molar-refractivity contribution in [2.24, 2.45) is 4.99 Å². The summed E-state index contributed by atoms with van der Waals surface area (Å²) in [6.07, 6.45) is 8.24. The molecule has 9 heteroatoms. The third-order valence-electron chi connectivity index (χ3n) is 4.00. The summed E-state index contributed by atoms with van der Waals surface area (Å²) < 4.78 is 7.39. The second-order valence-corrected chi connectivity index (χ2v) is 6.67. The van der Waals surface area contributed by atoms with Crippen LogP contribution in [0.15, 0.2) is 46.3 Å². The molecule has 1 aliphatic rings. The first-order valence-corrected chi connectivity index (χ1v) is 8.98. The Morgan fingerprint density at radius 2 is 2.23 bits per heavy atom. The smallest absolute Gasteiger partial charge is 0.408 e. The van der Waals surface area contributed by atoms with Crippen molar-refractivity contribution in [3.05, 3.63) is 41.4 Å². The molecule has 1 aliphatic carbocycles. The Morgan fingerprint density at radius 3 is 2.92 bits per heavy atom. The lowest BCUT2D eigenvalue weighted by Crippen LogP contribution is -2.19. The van der Waals surface area contributed by atoms with Crippen LogP contribution in [-0.4, -0.2) is 33.5 Å². The van der Waals surface area contributed by atoms with Gasteiger partial charge in [-0.15, -0.1) is 0 Å². The summed E-state index contributed by atoms with van der Waals surface area (Å²) in [5.41, 5.74) is 0.593.